The molecule has 0 spiro atoms. The maximum Gasteiger partial charge on any atom is 0.433 e. The summed E-state index contributed by atoms with van der Waals surface area (Å²) < 4.78 is 86.1. The fourth-order valence-corrected chi connectivity index (χ4v) is 4.40. The van der Waals surface area contributed by atoms with Gasteiger partial charge in [0.1, 0.15) is 41.9 Å². The normalized spacial score (nSPS) is 12.0. The molecular weight excluding hydrogens is 601 g/mol. The van der Waals surface area contributed by atoms with E-state index in [-0.39, 0.29) is 35.8 Å². The van der Waals surface area contributed by atoms with Gasteiger partial charge in [-0.1, -0.05) is 31.5 Å². The van der Waals surface area contributed by atoms with Crippen LogP contribution in [0.25, 0.3) is 17.0 Å². The number of unbranched alkanes of at least 4 members (excludes halogenated alkanes) is 1. The Morgan fingerprint density at radius 2 is 1.60 bits per heavy atom. The zero-order chi connectivity index (χ0) is 32.6. The summed E-state index contributed by atoms with van der Waals surface area (Å²) in [6, 6.07) is 16.3. The molecule has 12 heteroatoms. The Morgan fingerprint density at radius 3 is 2.24 bits per heavy atom. The Labute approximate surface area is 255 Å². The largest absolute Gasteiger partial charge is 0.496 e. The molecule has 0 aliphatic carbocycles. The van der Waals surface area contributed by atoms with Crippen LogP contribution in [0.15, 0.2) is 72.3 Å². The van der Waals surface area contributed by atoms with E-state index in [0.717, 1.165) is 12.5 Å². The molecule has 4 rings (SSSR count). The average molecular weight is 632 g/mol. The van der Waals surface area contributed by atoms with Crippen molar-refractivity contribution in [2.24, 2.45) is 0 Å². The van der Waals surface area contributed by atoms with Crippen LogP contribution in [0.4, 0.5) is 22.0 Å². The molecule has 1 aromatic heterocycles. The van der Waals surface area contributed by atoms with Crippen LogP contribution in [0.5, 0.6) is 23.0 Å². The first-order valence-electron chi connectivity index (χ1n) is 13.9. The molecule has 0 aliphatic heterocycles. The fraction of sp³-hybridized carbons (Fsp3) is 0.273. The summed E-state index contributed by atoms with van der Waals surface area (Å²) in [5, 5.41) is 10.2. The Kier molecular flexibility index (Phi) is 10.8. The van der Waals surface area contributed by atoms with Crippen molar-refractivity contribution in [3.05, 3.63) is 94.7 Å². The van der Waals surface area contributed by atoms with Gasteiger partial charge >= 0.3 is 18.8 Å². The van der Waals surface area contributed by atoms with Gasteiger partial charge < -0.3 is 24.1 Å². The summed E-state index contributed by atoms with van der Waals surface area (Å²) >= 11 is 0. The number of halogens is 5. The van der Waals surface area contributed by atoms with Gasteiger partial charge in [0.15, 0.2) is 0 Å². The van der Waals surface area contributed by atoms with E-state index < -0.39 is 24.5 Å². The van der Waals surface area contributed by atoms with Crippen LogP contribution in [0.1, 0.15) is 48.6 Å². The molecule has 0 saturated carbocycles. The topological polar surface area (TPSA) is 87.1 Å². The molecule has 1 N–H and O–H groups in total. The van der Waals surface area contributed by atoms with Gasteiger partial charge in [0.05, 0.1) is 12.6 Å². The van der Waals surface area contributed by atoms with Crippen molar-refractivity contribution in [2.75, 3.05) is 7.11 Å². The maximum absolute atomic E-state index is 13.2. The number of hydrogen-bond acceptors (Lipinski definition) is 6. The number of carboxylic acid groups (broad SMARTS) is 1. The summed E-state index contributed by atoms with van der Waals surface area (Å²) in [6.45, 7) is -0.881. The van der Waals surface area contributed by atoms with Gasteiger partial charge in [-0.05, 0) is 72.5 Å². The Hall–Kier alpha value is -4.87. The third-order valence-corrected chi connectivity index (χ3v) is 6.68. The van der Waals surface area contributed by atoms with Crippen molar-refractivity contribution in [1.82, 2.24) is 4.98 Å². The molecule has 0 fully saturated rings. The van der Waals surface area contributed by atoms with Crippen LogP contribution in [-0.2, 0) is 24.2 Å². The van der Waals surface area contributed by atoms with E-state index in [0.29, 0.717) is 46.4 Å². The lowest BCUT2D eigenvalue weighted by atomic mass is 10.0. The number of benzene rings is 3. The van der Waals surface area contributed by atoms with Crippen LogP contribution in [0.2, 0.25) is 0 Å². The number of ether oxygens (including phenoxy) is 4. The monoisotopic (exact) mass is 631 g/mol. The fourth-order valence-electron chi connectivity index (χ4n) is 4.40. The minimum absolute atomic E-state index is 0.00748. The van der Waals surface area contributed by atoms with Gasteiger partial charge in [0, 0.05) is 22.6 Å². The minimum Gasteiger partial charge on any atom is -0.496 e. The van der Waals surface area contributed by atoms with Crippen molar-refractivity contribution in [3.8, 4) is 23.0 Å². The number of carboxylic acids is 1. The minimum atomic E-state index is -4.63. The summed E-state index contributed by atoms with van der Waals surface area (Å²) in [6.07, 6.45) is -1.30. The Morgan fingerprint density at radius 1 is 0.911 bits per heavy atom. The predicted molar refractivity (Wildman–Crippen MR) is 157 cm³/mol. The van der Waals surface area contributed by atoms with Crippen LogP contribution < -0.4 is 18.9 Å². The zero-order valence-corrected chi connectivity index (χ0v) is 24.4. The van der Waals surface area contributed by atoms with Crippen molar-refractivity contribution < 1.29 is 50.8 Å². The molecule has 0 atom stereocenters. The maximum atomic E-state index is 13.2. The highest BCUT2D eigenvalue weighted by molar-refractivity contribution is 5.92. The van der Waals surface area contributed by atoms with Crippen molar-refractivity contribution in [2.45, 2.75) is 52.2 Å². The number of carbonyl (C=O) groups is 1. The highest BCUT2D eigenvalue weighted by atomic mass is 19.4. The van der Waals surface area contributed by atoms with Gasteiger partial charge in [-0.3, -0.25) is 0 Å². The van der Waals surface area contributed by atoms with Gasteiger partial charge in [0.25, 0.3) is 0 Å². The molecule has 0 amide bonds. The first-order chi connectivity index (χ1) is 21.5. The molecule has 1 heterocycles. The van der Waals surface area contributed by atoms with E-state index in [9.17, 15) is 31.9 Å². The molecule has 0 bridgehead atoms. The van der Waals surface area contributed by atoms with E-state index in [1.54, 1.807) is 42.5 Å². The summed E-state index contributed by atoms with van der Waals surface area (Å²) in [5.74, 6) is -0.282. The standard InChI is InChI=1S/C33H30F5NO6/c1-3-4-5-22(31(40)41)15-23-16-25(11-13-28(23)44-18-20-6-9-24(10-7-20)45-32(34)35)43-19-21-8-12-27-26(14-21)29(42-2)17-30(39-27)33(36,37)38/h6-17,32H,3-5,18-19H2,1-2H3,(H,40,41)/b22-15+. The number of aromatic nitrogens is 1. The lowest BCUT2D eigenvalue weighted by Crippen LogP contribution is -2.08. The Bertz CT molecular complexity index is 1650. The number of fused-ring (bicyclic) bond motifs is 1. The van der Waals surface area contributed by atoms with Crippen LogP contribution in [0.3, 0.4) is 0 Å². The number of methoxy groups -OCH3 is 1. The molecule has 7 nitrogen and oxygen atoms in total. The first-order valence-corrected chi connectivity index (χ1v) is 13.9. The molecule has 3 aromatic carbocycles. The molecule has 0 saturated heterocycles. The van der Waals surface area contributed by atoms with Gasteiger partial charge in [-0.25, -0.2) is 9.78 Å². The van der Waals surface area contributed by atoms with E-state index in [2.05, 4.69) is 9.72 Å². The van der Waals surface area contributed by atoms with E-state index in [4.69, 9.17) is 14.2 Å². The highest BCUT2D eigenvalue weighted by Gasteiger charge is 2.33. The third kappa shape index (κ3) is 9.07. The number of nitrogens with zero attached hydrogens (tertiary/aromatic N) is 1. The van der Waals surface area contributed by atoms with Gasteiger partial charge in [-0.2, -0.15) is 22.0 Å². The lowest BCUT2D eigenvalue weighted by Gasteiger charge is -2.14. The molecule has 0 aliphatic rings. The highest BCUT2D eigenvalue weighted by Crippen LogP contribution is 2.35. The number of alkyl halides is 5. The third-order valence-electron chi connectivity index (χ3n) is 6.68. The molecule has 0 unspecified atom stereocenters. The van der Waals surface area contributed by atoms with Crippen molar-refractivity contribution >= 4 is 22.9 Å². The number of rotatable bonds is 14. The molecule has 45 heavy (non-hydrogen) atoms. The second kappa shape index (κ2) is 14.7. The van der Waals surface area contributed by atoms with Crippen molar-refractivity contribution in [1.29, 1.82) is 0 Å². The summed E-state index contributed by atoms with van der Waals surface area (Å²) in [4.78, 5) is 15.7. The quantitative estimate of drug-likeness (QED) is 0.110. The number of hydrogen-bond donors (Lipinski definition) is 1. The van der Waals surface area contributed by atoms with Crippen LogP contribution in [-0.4, -0.2) is 29.8 Å². The van der Waals surface area contributed by atoms with Gasteiger partial charge in [-0.15, -0.1) is 0 Å². The smallest absolute Gasteiger partial charge is 0.433 e. The predicted octanol–water partition coefficient (Wildman–Crippen LogP) is 8.68. The second-order valence-corrected chi connectivity index (χ2v) is 9.94. The summed E-state index contributed by atoms with van der Waals surface area (Å²) in [5.41, 5.74) is 0.982. The van der Waals surface area contributed by atoms with E-state index in [1.165, 1.54) is 31.4 Å². The SMILES string of the molecule is CCCC/C(=C\c1cc(OCc2ccc3nc(C(F)(F)F)cc(OC)c3c2)ccc1OCc1ccc(OC(F)F)cc1)C(=O)O. The lowest BCUT2D eigenvalue weighted by molar-refractivity contribution is -0.141. The zero-order valence-electron chi connectivity index (χ0n) is 24.4. The summed E-state index contributed by atoms with van der Waals surface area (Å²) in [7, 11) is 1.28. The second-order valence-electron chi connectivity index (χ2n) is 9.94. The Balaban J connectivity index is 1.57. The average Bonchev–Trinajstić information content (AvgIpc) is 3.00. The van der Waals surface area contributed by atoms with Crippen molar-refractivity contribution in [3.63, 3.8) is 0 Å². The number of pyridine rings is 1. The van der Waals surface area contributed by atoms with E-state index >= 15 is 0 Å². The molecule has 0 radical (unpaired) electrons. The molecule has 4 aromatic rings. The van der Waals surface area contributed by atoms with E-state index in [1.807, 2.05) is 6.92 Å². The first kappa shape index (κ1) is 33.0. The van der Waals surface area contributed by atoms with Gasteiger partial charge in [0.2, 0.25) is 0 Å². The van der Waals surface area contributed by atoms with Crippen LogP contribution >= 0.6 is 0 Å². The number of aliphatic carboxylic acids is 1. The molecule has 238 valence electrons. The van der Waals surface area contributed by atoms with Crippen LogP contribution in [0, 0.1) is 0 Å². The molecular formula is C33H30F5NO6.